The van der Waals surface area contributed by atoms with Gasteiger partial charge in [-0.2, -0.15) is 0 Å². The first-order valence-electron chi connectivity index (χ1n) is 7.47. The molecule has 0 aliphatic carbocycles. The molecule has 0 saturated carbocycles. The normalized spacial score (nSPS) is 11.7. The number of ether oxygens (including phenoxy) is 2. The van der Waals surface area contributed by atoms with E-state index in [4.69, 9.17) is 9.47 Å². The number of methoxy groups -OCH3 is 1. The summed E-state index contributed by atoms with van der Waals surface area (Å²) in [6, 6.07) is 10.2. The third-order valence-corrected chi connectivity index (χ3v) is 3.14. The molecule has 1 rings (SSSR count). The molecule has 110 valence electrons. The molecular formula is C18H26O2. The van der Waals surface area contributed by atoms with Crippen molar-refractivity contribution in [2.24, 2.45) is 0 Å². The molecule has 0 bridgehead atoms. The second-order valence-electron chi connectivity index (χ2n) is 4.85. The highest BCUT2D eigenvalue weighted by Crippen LogP contribution is 2.05. The van der Waals surface area contributed by atoms with Crippen LogP contribution < -0.4 is 0 Å². The highest BCUT2D eigenvalue weighted by Gasteiger charge is 2.05. The zero-order valence-electron chi connectivity index (χ0n) is 12.7. The number of rotatable bonds is 9. The monoisotopic (exact) mass is 274 g/mol. The molecule has 0 amide bonds. The van der Waals surface area contributed by atoms with Gasteiger partial charge in [0.1, 0.15) is 0 Å². The van der Waals surface area contributed by atoms with Gasteiger partial charge in [0.05, 0.1) is 12.7 Å². The summed E-state index contributed by atoms with van der Waals surface area (Å²) in [5.74, 6) is 6.40. The van der Waals surface area contributed by atoms with Crippen molar-refractivity contribution in [1.29, 1.82) is 0 Å². The summed E-state index contributed by atoms with van der Waals surface area (Å²) in [6.45, 7) is 3.56. The van der Waals surface area contributed by atoms with Gasteiger partial charge >= 0.3 is 0 Å². The molecule has 1 atom stereocenters. The maximum absolute atomic E-state index is 5.67. The molecule has 0 fully saturated rings. The number of hydrogen-bond donors (Lipinski definition) is 0. The minimum absolute atomic E-state index is 0.180. The van der Waals surface area contributed by atoms with Crippen LogP contribution in [0.15, 0.2) is 30.3 Å². The van der Waals surface area contributed by atoms with Crippen LogP contribution in [0, 0.1) is 11.8 Å². The lowest BCUT2D eigenvalue weighted by atomic mass is 10.2. The predicted molar refractivity (Wildman–Crippen MR) is 83.4 cm³/mol. The number of unbranched alkanes of at least 4 members (excludes halogenated alkanes) is 2. The summed E-state index contributed by atoms with van der Waals surface area (Å²) in [6.07, 6.45) is 5.26. The molecule has 0 N–H and O–H groups in total. The highest BCUT2D eigenvalue weighted by molar-refractivity contribution is 5.13. The molecule has 0 aliphatic rings. The molecule has 0 radical (unpaired) electrons. The van der Waals surface area contributed by atoms with Crippen LogP contribution >= 0.6 is 0 Å². The summed E-state index contributed by atoms with van der Waals surface area (Å²) in [5, 5.41) is 0. The zero-order valence-corrected chi connectivity index (χ0v) is 12.7. The van der Waals surface area contributed by atoms with E-state index in [0.29, 0.717) is 13.2 Å². The molecule has 0 saturated heterocycles. The molecule has 1 aromatic carbocycles. The molecule has 0 spiro atoms. The lowest BCUT2D eigenvalue weighted by molar-refractivity contribution is 0.0491. The van der Waals surface area contributed by atoms with Crippen molar-refractivity contribution < 1.29 is 9.47 Å². The Morgan fingerprint density at radius 2 is 1.95 bits per heavy atom. The van der Waals surface area contributed by atoms with E-state index < -0.39 is 0 Å². The third-order valence-electron chi connectivity index (χ3n) is 3.14. The average molecular weight is 274 g/mol. The van der Waals surface area contributed by atoms with Crippen LogP contribution in [0.3, 0.4) is 0 Å². The van der Waals surface area contributed by atoms with Crippen molar-refractivity contribution in [3.63, 3.8) is 0 Å². The van der Waals surface area contributed by atoms with E-state index in [0.717, 1.165) is 19.3 Å². The highest BCUT2D eigenvalue weighted by atomic mass is 16.5. The topological polar surface area (TPSA) is 18.5 Å². The quantitative estimate of drug-likeness (QED) is 0.496. The second-order valence-corrected chi connectivity index (χ2v) is 4.85. The first-order chi connectivity index (χ1) is 9.86. The van der Waals surface area contributed by atoms with E-state index in [-0.39, 0.29) is 6.10 Å². The van der Waals surface area contributed by atoms with Crippen LogP contribution in [-0.4, -0.2) is 19.8 Å². The molecule has 0 unspecified atom stereocenters. The van der Waals surface area contributed by atoms with E-state index in [1.165, 1.54) is 18.4 Å². The Labute approximate surface area is 123 Å². The second kappa shape index (κ2) is 11.5. The van der Waals surface area contributed by atoms with Crippen LogP contribution in [0.25, 0.3) is 0 Å². The summed E-state index contributed by atoms with van der Waals surface area (Å²) < 4.78 is 11.1. The fourth-order valence-electron chi connectivity index (χ4n) is 1.82. The molecule has 0 aliphatic heterocycles. The van der Waals surface area contributed by atoms with Gasteiger partial charge in [-0.15, -0.1) is 11.8 Å². The Bertz CT molecular complexity index is 389. The van der Waals surface area contributed by atoms with E-state index in [2.05, 4.69) is 30.9 Å². The van der Waals surface area contributed by atoms with Crippen molar-refractivity contribution in [3.05, 3.63) is 35.9 Å². The van der Waals surface area contributed by atoms with E-state index in [1.54, 1.807) is 7.11 Å². The minimum atomic E-state index is 0.180. The lowest BCUT2D eigenvalue weighted by Crippen LogP contribution is -2.13. The van der Waals surface area contributed by atoms with Gasteiger partial charge in [-0.25, -0.2) is 0 Å². The van der Waals surface area contributed by atoms with Crippen molar-refractivity contribution in [1.82, 2.24) is 0 Å². The minimum Gasteiger partial charge on any atom is -0.380 e. The molecular weight excluding hydrogens is 248 g/mol. The van der Waals surface area contributed by atoms with Crippen LogP contribution in [0.2, 0.25) is 0 Å². The van der Waals surface area contributed by atoms with Gasteiger partial charge in [-0.3, -0.25) is 0 Å². The van der Waals surface area contributed by atoms with E-state index in [1.807, 2.05) is 18.2 Å². The van der Waals surface area contributed by atoms with Gasteiger partial charge in [-0.1, -0.05) is 43.7 Å². The van der Waals surface area contributed by atoms with Gasteiger partial charge in [0.25, 0.3) is 0 Å². The van der Waals surface area contributed by atoms with Gasteiger partial charge in [0, 0.05) is 26.6 Å². The molecule has 2 heteroatoms. The maximum Gasteiger partial charge on any atom is 0.0716 e. The van der Waals surface area contributed by atoms with E-state index in [9.17, 15) is 0 Å². The Balaban J connectivity index is 2.12. The molecule has 2 nitrogen and oxygen atoms in total. The molecule has 1 aromatic rings. The summed E-state index contributed by atoms with van der Waals surface area (Å²) in [7, 11) is 1.75. The molecule has 0 aromatic heterocycles. The Morgan fingerprint density at radius 3 is 2.65 bits per heavy atom. The zero-order chi connectivity index (χ0) is 14.5. The molecule has 0 heterocycles. The fraction of sp³-hybridized carbons (Fsp3) is 0.556. The average Bonchev–Trinajstić information content (AvgIpc) is 2.50. The van der Waals surface area contributed by atoms with Gasteiger partial charge in [-0.05, 0) is 18.4 Å². The van der Waals surface area contributed by atoms with Gasteiger partial charge in [0.15, 0.2) is 0 Å². The summed E-state index contributed by atoms with van der Waals surface area (Å²) >= 11 is 0. The van der Waals surface area contributed by atoms with E-state index >= 15 is 0 Å². The van der Waals surface area contributed by atoms with Crippen LogP contribution in [0.4, 0.5) is 0 Å². The predicted octanol–water partition coefficient (Wildman–Crippen LogP) is 4.19. The number of benzene rings is 1. The van der Waals surface area contributed by atoms with Crippen molar-refractivity contribution in [3.8, 4) is 11.8 Å². The summed E-state index contributed by atoms with van der Waals surface area (Å²) in [4.78, 5) is 0. The lowest BCUT2D eigenvalue weighted by Gasteiger charge is -2.12. The largest absolute Gasteiger partial charge is 0.380 e. The molecule has 20 heavy (non-hydrogen) atoms. The van der Waals surface area contributed by atoms with Crippen LogP contribution in [0.5, 0.6) is 0 Å². The van der Waals surface area contributed by atoms with Gasteiger partial charge in [0.2, 0.25) is 0 Å². The fourth-order valence-corrected chi connectivity index (χ4v) is 1.82. The maximum atomic E-state index is 5.67. The Morgan fingerprint density at radius 1 is 1.15 bits per heavy atom. The van der Waals surface area contributed by atoms with Crippen molar-refractivity contribution >= 4 is 0 Å². The SMILES string of the molecule is CCCCC#CC[C@H](CCOCc1ccccc1)OC. The smallest absolute Gasteiger partial charge is 0.0716 e. The summed E-state index contributed by atoms with van der Waals surface area (Å²) in [5.41, 5.74) is 1.21. The van der Waals surface area contributed by atoms with Gasteiger partial charge < -0.3 is 9.47 Å². The van der Waals surface area contributed by atoms with Crippen LogP contribution in [0.1, 0.15) is 44.6 Å². The van der Waals surface area contributed by atoms with Crippen molar-refractivity contribution in [2.75, 3.05) is 13.7 Å². The third kappa shape index (κ3) is 7.99. The first-order valence-corrected chi connectivity index (χ1v) is 7.47. The Hall–Kier alpha value is -1.30. The Kier molecular flexibility index (Phi) is 9.65. The van der Waals surface area contributed by atoms with Crippen molar-refractivity contribution in [2.45, 2.75) is 51.7 Å². The standard InChI is InChI=1S/C18H26O2/c1-3-4-5-6-10-13-18(19-2)14-15-20-16-17-11-8-7-9-12-17/h7-9,11-12,18H,3-5,13-16H2,1-2H3/t18-/m1/s1. The first kappa shape index (κ1) is 16.8. The number of hydrogen-bond acceptors (Lipinski definition) is 2. The van der Waals surface area contributed by atoms with Crippen LogP contribution in [-0.2, 0) is 16.1 Å².